The molecule has 16 heteroatoms. The molecule has 1 unspecified atom stereocenters. The van der Waals surface area contributed by atoms with E-state index in [-0.39, 0.29) is 47.9 Å². The lowest BCUT2D eigenvalue weighted by Gasteiger charge is -2.40. The van der Waals surface area contributed by atoms with Gasteiger partial charge in [0, 0.05) is 30.4 Å². The van der Waals surface area contributed by atoms with Crippen LogP contribution in [0.4, 0.5) is 0 Å². The Morgan fingerprint density at radius 3 is 2.07 bits per heavy atom. The predicted molar refractivity (Wildman–Crippen MR) is 176 cm³/mol. The SMILES string of the molecule is CCC(CC(=O)Cc1ccc(OC(C)=O)c(C(=O)Oc2ccc(P3(=S)SP(=S)(c4ccc(O)cc4)S3)cc2)c1)O[N+](=O)[O-]. The number of phenolic OH excluding ortho intramolecular Hbond substituents is 1. The quantitative estimate of drug-likeness (QED) is 0.0769. The number of phenols is 1. The van der Waals surface area contributed by atoms with E-state index >= 15 is 0 Å². The van der Waals surface area contributed by atoms with Gasteiger partial charge in [0.2, 0.25) is 0 Å². The number of ketones is 1. The summed E-state index contributed by atoms with van der Waals surface area (Å²) in [5.74, 6) is -1.40. The molecular weight excluding hydrogens is 673 g/mol. The van der Waals surface area contributed by atoms with Crippen molar-refractivity contribution in [2.75, 3.05) is 0 Å². The Kier molecular flexibility index (Phi) is 10.7. The summed E-state index contributed by atoms with van der Waals surface area (Å²) in [7, 11) is 0. The molecule has 0 aromatic heterocycles. The average molecular weight is 698 g/mol. The number of benzene rings is 3. The first-order valence-corrected chi connectivity index (χ1v) is 22.4. The molecular formula is C27H25NO9P2S4. The number of nitrogens with zero attached hydrogens (tertiary/aromatic N) is 1. The molecule has 43 heavy (non-hydrogen) atoms. The lowest BCUT2D eigenvalue weighted by atomic mass is 10.0. The molecule has 1 aliphatic rings. The third kappa shape index (κ3) is 8.47. The van der Waals surface area contributed by atoms with Crippen LogP contribution in [0.2, 0.25) is 0 Å². The van der Waals surface area contributed by atoms with Gasteiger partial charge in [-0.2, -0.15) is 0 Å². The number of carbonyl (C=O) groups is 3. The Morgan fingerprint density at radius 1 is 0.953 bits per heavy atom. The minimum atomic E-state index is -2.05. The first-order chi connectivity index (χ1) is 20.3. The highest BCUT2D eigenvalue weighted by atomic mass is 33.7. The van der Waals surface area contributed by atoms with Crippen LogP contribution in [0, 0.1) is 10.1 Å². The summed E-state index contributed by atoms with van der Waals surface area (Å²) in [4.78, 5) is 52.5. The maximum atomic E-state index is 13.2. The number of rotatable bonds is 12. The Labute approximate surface area is 265 Å². The lowest BCUT2D eigenvalue weighted by Crippen LogP contribution is -2.21. The van der Waals surface area contributed by atoms with Crippen LogP contribution >= 0.6 is 30.9 Å². The molecule has 1 atom stereocenters. The highest BCUT2D eigenvalue weighted by Gasteiger charge is 2.45. The van der Waals surface area contributed by atoms with Gasteiger partial charge in [0.1, 0.15) is 34.7 Å². The van der Waals surface area contributed by atoms with Crippen LogP contribution < -0.4 is 20.1 Å². The number of esters is 2. The smallest absolute Gasteiger partial charge is 0.347 e. The van der Waals surface area contributed by atoms with Gasteiger partial charge < -0.3 is 19.4 Å². The summed E-state index contributed by atoms with van der Waals surface area (Å²) in [6.07, 6.45) is -0.901. The first-order valence-electron chi connectivity index (χ1n) is 12.7. The summed E-state index contributed by atoms with van der Waals surface area (Å²) in [5, 5.41) is 21.2. The molecule has 4 rings (SSSR count). The molecule has 3 aromatic rings. The van der Waals surface area contributed by atoms with Crippen molar-refractivity contribution < 1.29 is 38.9 Å². The summed E-state index contributed by atoms with van der Waals surface area (Å²) in [6, 6.07) is 18.1. The van der Waals surface area contributed by atoms with Crippen molar-refractivity contribution in [2.45, 2.75) is 39.2 Å². The van der Waals surface area contributed by atoms with Crippen LogP contribution in [0.5, 0.6) is 17.2 Å². The van der Waals surface area contributed by atoms with E-state index < -0.39 is 32.0 Å². The van der Waals surface area contributed by atoms with E-state index in [1.807, 2.05) is 12.1 Å². The molecule has 1 heterocycles. The molecule has 1 aliphatic heterocycles. The van der Waals surface area contributed by atoms with Crippen molar-refractivity contribution in [1.29, 1.82) is 0 Å². The van der Waals surface area contributed by atoms with Gasteiger partial charge in [0.15, 0.2) is 0 Å². The molecule has 0 saturated carbocycles. The topological polar surface area (TPSA) is 142 Å². The second kappa shape index (κ2) is 13.9. The van der Waals surface area contributed by atoms with Gasteiger partial charge in [0.05, 0.1) is 8.88 Å². The van der Waals surface area contributed by atoms with Crippen LogP contribution in [0.3, 0.4) is 0 Å². The van der Waals surface area contributed by atoms with Crippen LogP contribution in [-0.2, 0) is 44.5 Å². The van der Waals surface area contributed by atoms with E-state index in [2.05, 4.69) is 4.84 Å². The lowest BCUT2D eigenvalue weighted by molar-refractivity contribution is -0.768. The third-order valence-corrected chi connectivity index (χ3v) is 37.3. The van der Waals surface area contributed by atoms with Crippen LogP contribution in [0.25, 0.3) is 0 Å². The number of hydrogen-bond donors (Lipinski definition) is 1. The Balaban J connectivity index is 1.46. The summed E-state index contributed by atoms with van der Waals surface area (Å²) >= 11 is 15.1. The molecule has 0 bridgehead atoms. The van der Waals surface area contributed by atoms with Crippen molar-refractivity contribution in [1.82, 2.24) is 0 Å². The van der Waals surface area contributed by atoms with Gasteiger partial charge in [-0.1, -0.05) is 58.6 Å². The van der Waals surface area contributed by atoms with E-state index in [0.717, 1.165) is 10.6 Å². The molecule has 226 valence electrons. The van der Waals surface area contributed by atoms with Crippen molar-refractivity contribution in [2.24, 2.45) is 0 Å². The summed E-state index contributed by atoms with van der Waals surface area (Å²) in [5.41, 5.74) is 0.366. The Morgan fingerprint density at radius 2 is 1.53 bits per heavy atom. The number of ether oxygens (including phenoxy) is 2. The van der Waals surface area contributed by atoms with Gasteiger partial charge in [0.25, 0.3) is 5.09 Å². The third-order valence-electron chi connectivity index (χ3n) is 6.02. The predicted octanol–water partition coefficient (Wildman–Crippen LogP) is 6.08. The highest BCUT2D eigenvalue weighted by Crippen LogP contribution is 3.04. The van der Waals surface area contributed by atoms with Crippen LogP contribution in [-0.4, -0.2) is 34.0 Å². The monoisotopic (exact) mass is 697 g/mol. The van der Waals surface area contributed by atoms with E-state index in [0.29, 0.717) is 5.56 Å². The zero-order valence-corrected chi connectivity index (χ0v) is 27.8. The second-order valence-electron chi connectivity index (χ2n) is 9.26. The molecule has 1 N–H and O–H groups in total. The highest BCUT2D eigenvalue weighted by molar-refractivity contribution is 9.48. The van der Waals surface area contributed by atoms with E-state index in [1.54, 1.807) is 65.3 Å². The number of hydrogen-bond acceptors (Lipinski definition) is 13. The summed E-state index contributed by atoms with van der Waals surface area (Å²) in [6.45, 7) is 2.86. The van der Waals surface area contributed by atoms with Gasteiger partial charge in [-0.15, -0.1) is 10.1 Å². The Hall–Kier alpha value is -2.73. The zero-order valence-electron chi connectivity index (χ0n) is 22.7. The van der Waals surface area contributed by atoms with Crippen molar-refractivity contribution in [3.8, 4) is 17.2 Å². The maximum Gasteiger partial charge on any atom is 0.347 e. The van der Waals surface area contributed by atoms with E-state index in [4.69, 9.17) is 33.1 Å². The molecule has 0 spiro atoms. The second-order valence-corrected chi connectivity index (χ2v) is 30.5. The average Bonchev–Trinajstić information content (AvgIpc) is 2.92. The molecule has 10 nitrogen and oxygen atoms in total. The molecule has 0 aliphatic carbocycles. The van der Waals surface area contributed by atoms with Gasteiger partial charge in [-0.25, -0.2) is 4.79 Å². The van der Waals surface area contributed by atoms with Gasteiger partial charge in [-0.05, 0) is 72.6 Å². The Bertz CT molecular complexity index is 1650. The van der Waals surface area contributed by atoms with Crippen molar-refractivity contribution >= 4 is 82.8 Å². The normalized spacial score (nSPS) is 19.9. The first kappa shape index (κ1) is 33.2. The van der Waals surface area contributed by atoms with Crippen molar-refractivity contribution in [3.63, 3.8) is 0 Å². The minimum Gasteiger partial charge on any atom is -0.508 e. The molecule has 3 aromatic carbocycles. The fraction of sp³-hybridized carbons (Fsp3) is 0.222. The number of aromatic hydroxyl groups is 1. The van der Waals surface area contributed by atoms with Crippen LogP contribution in [0.15, 0.2) is 66.7 Å². The van der Waals surface area contributed by atoms with Gasteiger partial charge in [-0.3, -0.25) is 9.59 Å². The fourth-order valence-electron chi connectivity index (χ4n) is 3.99. The number of carbonyl (C=O) groups excluding carboxylic acids is 3. The molecule has 1 fully saturated rings. The maximum absolute atomic E-state index is 13.2. The standard InChI is InChI=1S/C27H25NO9P2S4/c1-3-21(37-28(33)34)16-20(31)14-18-4-13-26(35-17(2)29)25(15-18)27(32)36-22-7-11-24(12-8-22)39(41)42-38(40,43-39)23-9-5-19(30)6-10-23/h4-13,15,21,30H,3,14,16H2,1-2H3. The molecule has 0 radical (unpaired) electrons. The largest absolute Gasteiger partial charge is 0.508 e. The molecule has 0 amide bonds. The van der Waals surface area contributed by atoms with Crippen LogP contribution in [0.1, 0.15) is 42.6 Å². The molecule has 1 saturated heterocycles. The van der Waals surface area contributed by atoms with Gasteiger partial charge >= 0.3 is 11.9 Å². The van der Waals surface area contributed by atoms with E-state index in [9.17, 15) is 29.6 Å². The van der Waals surface area contributed by atoms with E-state index in [1.165, 1.54) is 25.1 Å². The number of Topliss-reactive ketones (excluding diaryl/α,β-unsaturated/α-hetero) is 1. The minimum absolute atomic E-state index is 0.0360. The van der Waals surface area contributed by atoms with Crippen molar-refractivity contribution in [3.05, 3.63) is 88.0 Å². The zero-order chi connectivity index (χ0) is 31.4. The summed E-state index contributed by atoms with van der Waals surface area (Å²) < 4.78 is 6.74. The fourth-order valence-corrected chi connectivity index (χ4v) is 46.3.